The molecular weight excluding hydrogens is 354 g/mol. The summed E-state index contributed by atoms with van der Waals surface area (Å²) in [6.45, 7) is 6.02. The molecule has 1 N–H and O–H groups in total. The topological polar surface area (TPSA) is 90.3 Å². The van der Waals surface area contributed by atoms with Gasteiger partial charge in [-0.3, -0.25) is 14.2 Å². The van der Waals surface area contributed by atoms with Gasteiger partial charge in [0, 0.05) is 19.0 Å². The van der Waals surface area contributed by atoms with Crippen molar-refractivity contribution in [3.05, 3.63) is 26.6 Å². The Morgan fingerprint density at radius 1 is 1.42 bits per heavy atom. The lowest BCUT2D eigenvalue weighted by atomic mass is 10.2. The van der Waals surface area contributed by atoms with Gasteiger partial charge in [0.05, 0.1) is 5.39 Å². The van der Waals surface area contributed by atoms with E-state index in [2.05, 4.69) is 10.3 Å². The van der Waals surface area contributed by atoms with Crippen molar-refractivity contribution in [2.75, 3.05) is 6.61 Å². The van der Waals surface area contributed by atoms with Gasteiger partial charge in [-0.05, 0) is 32.3 Å². The van der Waals surface area contributed by atoms with Crippen LogP contribution in [0, 0.1) is 6.92 Å². The number of thiophene rings is 1. The van der Waals surface area contributed by atoms with E-state index in [1.807, 2.05) is 13.8 Å². The van der Waals surface area contributed by atoms with Gasteiger partial charge < -0.3 is 10.1 Å². The fraction of sp³-hybridized carbons (Fsp3) is 0.556. The van der Waals surface area contributed by atoms with Gasteiger partial charge in [0.1, 0.15) is 15.5 Å². The molecule has 0 aliphatic carbocycles. The molecule has 3 rings (SSSR count). The molecule has 1 amide bonds. The van der Waals surface area contributed by atoms with Crippen LogP contribution in [0.4, 0.5) is 0 Å². The minimum atomic E-state index is -0.589. The second-order valence-electron chi connectivity index (χ2n) is 6.66. The van der Waals surface area contributed by atoms with Gasteiger partial charge in [-0.25, -0.2) is 9.78 Å². The number of aryl methyl sites for hydroxylation is 2. The van der Waals surface area contributed by atoms with Crippen molar-refractivity contribution in [2.45, 2.75) is 59.0 Å². The number of carbonyl (C=O) groups excluding carboxylic acids is 2. The van der Waals surface area contributed by atoms with E-state index in [0.717, 1.165) is 42.8 Å². The Hall–Kier alpha value is -2.22. The molecule has 0 fully saturated rings. The zero-order chi connectivity index (χ0) is 18.8. The molecule has 2 aromatic rings. The summed E-state index contributed by atoms with van der Waals surface area (Å²) in [5.41, 5.74) is 0.482. The zero-order valence-electron chi connectivity index (χ0n) is 15.3. The predicted octanol–water partition coefficient (Wildman–Crippen LogP) is 2.17. The van der Waals surface area contributed by atoms with Crippen molar-refractivity contribution < 1.29 is 14.3 Å². The van der Waals surface area contributed by atoms with E-state index in [0.29, 0.717) is 27.2 Å². The number of ether oxygens (including phenoxy) is 1. The van der Waals surface area contributed by atoms with E-state index in [9.17, 15) is 14.4 Å². The molecule has 1 unspecified atom stereocenters. The van der Waals surface area contributed by atoms with Gasteiger partial charge in [0.15, 0.2) is 6.61 Å². The summed E-state index contributed by atoms with van der Waals surface area (Å²) in [6, 6.07) is 0.0453. The number of fused-ring (bicyclic) bond motifs is 2. The lowest BCUT2D eigenvalue weighted by Gasteiger charge is -2.12. The molecule has 0 spiro atoms. The number of carbonyl (C=O) groups is 2. The monoisotopic (exact) mass is 377 g/mol. The first-order valence-electron chi connectivity index (χ1n) is 8.91. The Morgan fingerprint density at radius 2 is 2.19 bits per heavy atom. The average Bonchev–Trinajstić information content (AvgIpc) is 3.18. The predicted molar refractivity (Wildman–Crippen MR) is 99.7 cm³/mol. The number of hydrogen-bond acceptors (Lipinski definition) is 6. The van der Waals surface area contributed by atoms with Crippen LogP contribution in [0.2, 0.25) is 0 Å². The number of esters is 1. The van der Waals surface area contributed by atoms with Gasteiger partial charge in [-0.1, -0.05) is 13.3 Å². The zero-order valence-corrected chi connectivity index (χ0v) is 16.1. The molecule has 0 radical (unpaired) electrons. The maximum atomic E-state index is 12.6. The Balaban J connectivity index is 1.75. The van der Waals surface area contributed by atoms with Gasteiger partial charge in [-0.15, -0.1) is 11.3 Å². The van der Waals surface area contributed by atoms with Crippen LogP contribution in [0.3, 0.4) is 0 Å². The first kappa shape index (κ1) is 18.6. The summed E-state index contributed by atoms with van der Waals surface area (Å²) >= 11 is 1.16. The van der Waals surface area contributed by atoms with E-state index in [1.165, 1.54) is 0 Å². The van der Waals surface area contributed by atoms with Crippen LogP contribution < -0.4 is 10.9 Å². The molecule has 0 saturated carbocycles. The number of nitrogens with zero attached hydrogens (tertiary/aromatic N) is 2. The van der Waals surface area contributed by atoms with Crippen molar-refractivity contribution in [3.8, 4) is 0 Å². The lowest BCUT2D eigenvalue weighted by Crippen LogP contribution is -2.35. The van der Waals surface area contributed by atoms with Crippen LogP contribution in [-0.2, 0) is 22.5 Å². The quantitative estimate of drug-likeness (QED) is 0.779. The van der Waals surface area contributed by atoms with Crippen LogP contribution in [0.15, 0.2) is 4.79 Å². The second kappa shape index (κ2) is 7.57. The Morgan fingerprint density at radius 3 is 2.92 bits per heavy atom. The third-order valence-electron chi connectivity index (χ3n) is 4.56. The molecule has 0 aromatic carbocycles. The number of rotatable bonds is 6. The molecule has 2 aromatic heterocycles. The van der Waals surface area contributed by atoms with Gasteiger partial charge in [-0.2, -0.15) is 0 Å². The summed E-state index contributed by atoms with van der Waals surface area (Å²) in [6.07, 6.45) is 3.53. The molecule has 1 aliphatic heterocycles. The first-order chi connectivity index (χ1) is 12.4. The second-order valence-corrected chi connectivity index (χ2v) is 7.66. The van der Waals surface area contributed by atoms with E-state index in [1.54, 1.807) is 11.5 Å². The van der Waals surface area contributed by atoms with E-state index in [-0.39, 0.29) is 24.1 Å². The Kier molecular flexibility index (Phi) is 5.41. The molecule has 1 atom stereocenters. The van der Waals surface area contributed by atoms with Crippen LogP contribution in [0.25, 0.3) is 10.2 Å². The summed E-state index contributed by atoms with van der Waals surface area (Å²) in [7, 11) is 0. The molecule has 7 nitrogen and oxygen atoms in total. The van der Waals surface area contributed by atoms with Gasteiger partial charge >= 0.3 is 5.97 Å². The molecule has 3 heterocycles. The summed E-state index contributed by atoms with van der Waals surface area (Å²) in [5.74, 6) is -0.142. The minimum Gasteiger partial charge on any atom is -0.451 e. The largest absolute Gasteiger partial charge is 0.451 e. The van der Waals surface area contributed by atoms with Crippen LogP contribution in [0.5, 0.6) is 0 Å². The highest BCUT2D eigenvalue weighted by atomic mass is 32.1. The molecule has 26 heavy (non-hydrogen) atoms. The molecule has 140 valence electrons. The summed E-state index contributed by atoms with van der Waals surface area (Å²) < 4.78 is 6.82. The lowest BCUT2D eigenvalue weighted by molar-refractivity contribution is -0.124. The minimum absolute atomic E-state index is 0.0453. The van der Waals surface area contributed by atoms with Crippen LogP contribution >= 0.6 is 11.3 Å². The van der Waals surface area contributed by atoms with E-state index >= 15 is 0 Å². The third-order valence-corrected chi connectivity index (χ3v) is 5.73. The number of nitrogens with one attached hydrogen (secondary N) is 1. The SMILES string of the molecule is CCCC(C)NC(=O)COC(=O)c1sc2nc3n(c(=O)c2c1C)CCC3. The normalized spacial score (nSPS) is 14.3. The number of amides is 1. The van der Waals surface area contributed by atoms with E-state index in [4.69, 9.17) is 4.74 Å². The van der Waals surface area contributed by atoms with Crippen molar-refractivity contribution in [3.63, 3.8) is 0 Å². The summed E-state index contributed by atoms with van der Waals surface area (Å²) in [5, 5.41) is 3.27. The van der Waals surface area contributed by atoms with Crippen molar-refractivity contribution in [1.29, 1.82) is 0 Å². The summed E-state index contributed by atoms with van der Waals surface area (Å²) in [4.78, 5) is 42.3. The fourth-order valence-corrected chi connectivity index (χ4v) is 4.37. The Labute approximate surface area is 155 Å². The molecule has 0 bridgehead atoms. The highest BCUT2D eigenvalue weighted by Crippen LogP contribution is 2.29. The number of hydrogen-bond donors (Lipinski definition) is 1. The molecule has 1 aliphatic rings. The first-order valence-corrected chi connectivity index (χ1v) is 9.73. The maximum absolute atomic E-state index is 12.6. The van der Waals surface area contributed by atoms with Crippen LogP contribution in [0.1, 0.15) is 54.2 Å². The smallest absolute Gasteiger partial charge is 0.349 e. The van der Waals surface area contributed by atoms with Crippen molar-refractivity contribution in [2.24, 2.45) is 0 Å². The van der Waals surface area contributed by atoms with Gasteiger partial charge in [0.25, 0.3) is 11.5 Å². The third kappa shape index (κ3) is 3.51. The maximum Gasteiger partial charge on any atom is 0.349 e. The fourth-order valence-electron chi connectivity index (χ4n) is 3.29. The Bertz CT molecular complexity index is 915. The average molecular weight is 377 g/mol. The van der Waals surface area contributed by atoms with Crippen molar-refractivity contribution in [1.82, 2.24) is 14.9 Å². The molecular formula is C18H23N3O4S. The molecule has 0 saturated heterocycles. The van der Waals surface area contributed by atoms with Crippen molar-refractivity contribution >= 4 is 33.4 Å². The number of aromatic nitrogens is 2. The highest BCUT2D eigenvalue weighted by molar-refractivity contribution is 7.20. The van der Waals surface area contributed by atoms with Gasteiger partial charge in [0.2, 0.25) is 0 Å². The van der Waals surface area contributed by atoms with Crippen LogP contribution in [-0.4, -0.2) is 34.1 Å². The molecule has 8 heteroatoms. The highest BCUT2D eigenvalue weighted by Gasteiger charge is 2.24. The van der Waals surface area contributed by atoms with E-state index < -0.39 is 5.97 Å². The standard InChI is InChI=1S/C18H23N3O4S/c1-4-6-10(2)19-13(22)9-25-18(24)15-11(3)14-16(26-15)20-12-7-5-8-21(12)17(14)23/h10H,4-9H2,1-3H3,(H,19,22).